The molecule has 1 fully saturated rings. The van der Waals surface area contributed by atoms with Crippen LogP contribution in [0.15, 0.2) is 24.3 Å². The Balaban J connectivity index is 1.77. The summed E-state index contributed by atoms with van der Waals surface area (Å²) in [6, 6.07) is 0. The van der Waals surface area contributed by atoms with E-state index in [9.17, 15) is 0 Å². The zero-order valence-corrected chi connectivity index (χ0v) is 7.71. The summed E-state index contributed by atoms with van der Waals surface area (Å²) in [5, 5.41) is 0. The lowest BCUT2D eigenvalue weighted by molar-refractivity contribution is 0.324. The lowest BCUT2D eigenvalue weighted by atomic mass is 9.83. The van der Waals surface area contributed by atoms with E-state index in [-0.39, 0.29) is 0 Å². The first-order valence-electron chi connectivity index (χ1n) is 5.30. The van der Waals surface area contributed by atoms with Crippen LogP contribution in [-0.4, -0.2) is 0 Å². The molecule has 2 aliphatic rings. The standard InChI is InChI=1S/C12H18/c1-2-6-11(7-3-1)10-12-8-4-5-9-12/h4-5,8-9,11-12H,1-3,6-7,10H2. The van der Waals surface area contributed by atoms with Crippen molar-refractivity contribution in [2.24, 2.45) is 11.8 Å². The van der Waals surface area contributed by atoms with Crippen LogP contribution in [0.5, 0.6) is 0 Å². The zero-order chi connectivity index (χ0) is 8.23. The Morgan fingerprint density at radius 2 is 1.58 bits per heavy atom. The van der Waals surface area contributed by atoms with Crippen molar-refractivity contribution in [1.82, 2.24) is 0 Å². The van der Waals surface area contributed by atoms with Crippen LogP contribution in [0, 0.1) is 11.8 Å². The van der Waals surface area contributed by atoms with Gasteiger partial charge in [0.2, 0.25) is 0 Å². The Labute approximate surface area is 75.4 Å². The maximum Gasteiger partial charge on any atom is -0.00446 e. The van der Waals surface area contributed by atoms with Crippen LogP contribution < -0.4 is 0 Å². The van der Waals surface area contributed by atoms with Gasteiger partial charge in [0.05, 0.1) is 0 Å². The first kappa shape index (κ1) is 8.10. The van der Waals surface area contributed by atoms with Crippen LogP contribution in [0.1, 0.15) is 38.5 Å². The second-order valence-electron chi connectivity index (χ2n) is 4.17. The largest absolute Gasteiger partial charge is 0.0776 e. The molecule has 0 heterocycles. The molecule has 0 amide bonds. The van der Waals surface area contributed by atoms with Gasteiger partial charge in [-0.15, -0.1) is 0 Å². The van der Waals surface area contributed by atoms with Gasteiger partial charge in [-0.3, -0.25) is 0 Å². The van der Waals surface area contributed by atoms with Crippen LogP contribution >= 0.6 is 0 Å². The van der Waals surface area contributed by atoms with Crippen molar-refractivity contribution in [3.63, 3.8) is 0 Å². The maximum absolute atomic E-state index is 2.34. The van der Waals surface area contributed by atoms with Crippen LogP contribution in [-0.2, 0) is 0 Å². The molecule has 0 atom stereocenters. The molecule has 12 heavy (non-hydrogen) atoms. The molecule has 0 heteroatoms. The molecular formula is C12H18. The molecule has 0 aliphatic heterocycles. The van der Waals surface area contributed by atoms with Crippen LogP contribution in [0.3, 0.4) is 0 Å². The van der Waals surface area contributed by atoms with Crippen LogP contribution in [0.2, 0.25) is 0 Å². The Bertz CT molecular complexity index is 170. The van der Waals surface area contributed by atoms with E-state index in [2.05, 4.69) is 24.3 Å². The van der Waals surface area contributed by atoms with Crippen molar-refractivity contribution in [1.29, 1.82) is 0 Å². The summed E-state index contributed by atoms with van der Waals surface area (Å²) in [6.07, 6.45) is 17.9. The van der Waals surface area contributed by atoms with Gasteiger partial charge in [0.1, 0.15) is 0 Å². The van der Waals surface area contributed by atoms with E-state index in [1.165, 1.54) is 38.5 Å². The van der Waals surface area contributed by atoms with Gasteiger partial charge in [-0.2, -0.15) is 0 Å². The lowest BCUT2D eigenvalue weighted by Crippen LogP contribution is -2.09. The number of allylic oxidation sites excluding steroid dienone is 4. The number of hydrogen-bond acceptors (Lipinski definition) is 0. The molecule has 0 aromatic heterocycles. The second-order valence-corrected chi connectivity index (χ2v) is 4.17. The first-order valence-corrected chi connectivity index (χ1v) is 5.30. The quantitative estimate of drug-likeness (QED) is 0.580. The summed E-state index contributed by atoms with van der Waals surface area (Å²) in [4.78, 5) is 0. The highest BCUT2D eigenvalue weighted by molar-refractivity contribution is 5.17. The fraction of sp³-hybridized carbons (Fsp3) is 0.667. The molecule has 0 bridgehead atoms. The Morgan fingerprint density at radius 3 is 2.25 bits per heavy atom. The van der Waals surface area contributed by atoms with Gasteiger partial charge in [0.25, 0.3) is 0 Å². The van der Waals surface area contributed by atoms with Gasteiger partial charge in [-0.05, 0) is 18.3 Å². The fourth-order valence-corrected chi connectivity index (χ4v) is 2.44. The number of rotatable bonds is 2. The molecule has 0 saturated heterocycles. The van der Waals surface area contributed by atoms with Crippen molar-refractivity contribution in [3.05, 3.63) is 24.3 Å². The molecule has 0 N–H and O–H groups in total. The normalized spacial score (nSPS) is 25.3. The van der Waals surface area contributed by atoms with E-state index in [0.29, 0.717) is 0 Å². The van der Waals surface area contributed by atoms with Gasteiger partial charge in [-0.25, -0.2) is 0 Å². The van der Waals surface area contributed by atoms with Gasteiger partial charge in [-0.1, -0.05) is 56.4 Å². The fourth-order valence-electron chi connectivity index (χ4n) is 2.44. The van der Waals surface area contributed by atoms with E-state index in [4.69, 9.17) is 0 Å². The van der Waals surface area contributed by atoms with Crippen molar-refractivity contribution in [2.75, 3.05) is 0 Å². The minimum atomic E-state index is 0.771. The average Bonchev–Trinajstić information content (AvgIpc) is 2.59. The minimum absolute atomic E-state index is 0.771. The van der Waals surface area contributed by atoms with Crippen molar-refractivity contribution < 1.29 is 0 Å². The van der Waals surface area contributed by atoms with Gasteiger partial charge < -0.3 is 0 Å². The Hall–Kier alpha value is -0.520. The van der Waals surface area contributed by atoms with E-state index in [1.54, 1.807) is 0 Å². The summed E-state index contributed by atoms with van der Waals surface area (Å²) >= 11 is 0. The highest BCUT2D eigenvalue weighted by Crippen LogP contribution is 2.30. The molecule has 0 spiro atoms. The van der Waals surface area contributed by atoms with Crippen molar-refractivity contribution in [3.8, 4) is 0 Å². The van der Waals surface area contributed by atoms with E-state index >= 15 is 0 Å². The summed E-state index contributed by atoms with van der Waals surface area (Å²) < 4.78 is 0. The third-order valence-corrected chi connectivity index (χ3v) is 3.16. The molecule has 0 radical (unpaired) electrons. The summed E-state index contributed by atoms with van der Waals surface area (Å²) in [7, 11) is 0. The van der Waals surface area contributed by atoms with Gasteiger partial charge in [0.15, 0.2) is 0 Å². The summed E-state index contributed by atoms with van der Waals surface area (Å²) in [5.41, 5.74) is 0. The van der Waals surface area contributed by atoms with E-state index in [0.717, 1.165) is 11.8 Å². The molecule has 66 valence electrons. The van der Waals surface area contributed by atoms with Crippen molar-refractivity contribution >= 4 is 0 Å². The van der Waals surface area contributed by atoms with Gasteiger partial charge in [0, 0.05) is 0 Å². The Morgan fingerprint density at radius 1 is 0.917 bits per heavy atom. The first-order chi connectivity index (χ1) is 5.95. The van der Waals surface area contributed by atoms with Crippen molar-refractivity contribution in [2.45, 2.75) is 38.5 Å². The third kappa shape index (κ3) is 2.00. The second kappa shape index (κ2) is 3.93. The average molecular weight is 162 g/mol. The summed E-state index contributed by atoms with van der Waals surface area (Å²) in [5.74, 6) is 1.80. The predicted molar refractivity (Wildman–Crippen MR) is 53.0 cm³/mol. The minimum Gasteiger partial charge on any atom is -0.0776 e. The lowest BCUT2D eigenvalue weighted by Gasteiger charge is -2.22. The number of hydrogen-bond donors (Lipinski definition) is 0. The zero-order valence-electron chi connectivity index (χ0n) is 7.71. The molecule has 0 nitrogen and oxygen atoms in total. The van der Waals surface area contributed by atoms with Crippen LogP contribution in [0.4, 0.5) is 0 Å². The maximum atomic E-state index is 2.34. The molecule has 0 aromatic carbocycles. The molecule has 2 rings (SSSR count). The topological polar surface area (TPSA) is 0 Å². The molecule has 2 aliphatic carbocycles. The van der Waals surface area contributed by atoms with Crippen LogP contribution in [0.25, 0.3) is 0 Å². The Kier molecular flexibility index (Phi) is 2.65. The smallest absolute Gasteiger partial charge is 0.00446 e. The highest BCUT2D eigenvalue weighted by Gasteiger charge is 2.16. The summed E-state index contributed by atoms with van der Waals surface area (Å²) in [6.45, 7) is 0. The SMILES string of the molecule is C1=CC(CC2CCCCC2)C=C1. The molecular weight excluding hydrogens is 144 g/mol. The van der Waals surface area contributed by atoms with E-state index in [1.807, 2.05) is 0 Å². The predicted octanol–water partition coefficient (Wildman–Crippen LogP) is 3.70. The molecule has 1 saturated carbocycles. The molecule has 0 unspecified atom stereocenters. The van der Waals surface area contributed by atoms with Gasteiger partial charge >= 0.3 is 0 Å². The van der Waals surface area contributed by atoms with E-state index < -0.39 is 0 Å². The monoisotopic (exact) mass is 162 g/mol. The third-order valence-electron chi connectivity index (χ3n) is 3.16. The molecule has 0 aromatic rings. The highest BCUT2D eigenvalue weighted by atomic mass is 14.2.